The Morgan fingerprint density at radius 3 is 2.60 bits per heavy atom. The smallest absolute Gasteiger partial charge is 0.142 e. The van der Waals surface area contributed by atoms with Gasteiger partial charge in [0.25, 0.3) is 0 Å². The summed E-state index contributed by atoms with van der Waals surface area (Å²) in [6, 6.07) is 14.5. The van der Waals surface area contributed by atoms with Gasteiger partial charge < -0.3 is 4.84 Å². The van der Waals surface area contributed by atoms with Crippen molar-refractivity contribution in [2.24, 2.45) is 5.16 Å². The lowest BCUT2D eigenvalue weighted by Gasteiger charge is -2.01. The highest BCUT2D eigenvalue weighted by atomic mass is 35.5. The van der Waals surface area contributed by atoms with Crippen molar-refractivity contribution in [2.45, 2.75) is 6.61 Å². The van der Waals surface area contributed by atoms with E-state index in [0.29, 0.717) is 27.8 Å². The lowest BCUT2D eigenvalue weighted by Crippen LogP contribution is -1.89. The molecule has 0 saturated heterocycles. The van der Waals surface area contributed by atoms with E-state index in [1.54, 1.807) is 30.3 Å². The SMILES string of the molecule is N#Cc1ccc(CO/N=C\c2cccc(Cl)c2Cl)cc1. The Hall–Kier alpha value is -2.02. The fraction of sp³-hybridized carbons (Fsp3) is 0.0667. The largest absolute Gasteiger partial charge is 0.391 e. The molecule has 0 aliphatic carbocycles. The summed E-state index contributed by atoms with van der Waals surface area (Å²) in [6.07, 6.45) is 1.51. The molecule has 2 aromatic carbocycles. The van der Waals surface area contributed by atoms with E-state index in [-0.39, 0.29) is 0 Å². The van der Waals surface area contributed by atoms with Crippen LogP contribution >= 0.6 is 23.2 Å². The first-order chi connectivity index (χ1) is 9.70. The van der Waals surface area contributed by atoms with Crippen LogP contribution in [0.5, 0.6) is 0 Å². The summed E-state index contributed by atoms with van der Waals surface area (Å²) in [4.78, 5) is 5.18. The highest BCUT2D eigenvalue weighted by molar-refractivity contribution is 6.43. The molecule has 0 unspecified atom stereocenters. The number of nitriles is 1. The van der Waals surface area contributed by atoms with Gasteiger partial charge in [-0.05, 0) is 23.8 Å². The first-order valence-corrected chi connectivity index (χ1v) is 6.54. The summed E-state index contributed by atoms with van der Waals surface area (Å²) in [5, 5.41) is 13.5. The zero-order chi connectivity index (χ0) is 14.4. The van der Waals surface area contributed by atoms with Gasteiger partial charge in [0, 0.05) is 5.56 Å². The summed E-state index contributed by atoms with van der Waals surface area (Å²) in [6.45, 7) is 0.320. The van der Waals surface area contributed by atoms with Crippen molar-refractivity contribution in [3.8, 4) is 6.07 Å². The lowest BCUT2D eigenvalue weighted by atomic mass is 10.2. The van der Waals surface area contributed by atoms with Crippen molar-refractivity contribution in [2.75, 3.05) is 0 Å². The molecule has 20 heavy (non-hydrogen) atoms. The molecule has 5 heteroatoms. The maximum atomic E-state index is 8.69. The zero-order valence-electron chi connectivity index (χ0n) is 10.4. The standard InChI is InChI=1S/C15H10Cl2N2O/c16-14-3-1-2-13(15(14)17)9-19-20-10-12-6-4-11(8-18)5-7-12/h1-7,9H,10H2/b19-9-. The third-order valence-corrected chi connectivity index (χ3v) is 3.40. The minimum atomic E-state index is 0.320. The van der Waals surface area contributed by atoms with Crippen molar-refractivity contribution in [3.05, 3.63) is 69.2 Å². The Morgan fingerprint density at radius 2 is 1.90 bits per heavy atom. The van der Waals surface area contributed by atoms with Gasteiger partial charge in [0.15, 0.2) is 0 Å². The fourth-order valence-electron chi connectivity index (χ4n) is 1.50. The molecular weight excluding hydrogens is 295 g/mol. The number of halogens is 2. The second-order valence-corrected chi connectivity index (χ2v) is 4.74. The monoisotopic (exact) mass is 304 g/mol. The molecule has 0 atom stereocenters. The average Bonchev–Trinajstić information content (AvgIpc) is 2.48. The number of benzene rings is 2. The van der Waals surface area contributed by atoms with Crippen LogP contribution in [0.3, 0.4) is 0 Å². The van der Waals surface area contributed by atoms with Crippen LogP contribution in [0.4, 0.5) is 0 Å². The third-order valence-electron chi connectivity index (χ3n) is 2.56. The molecule has 0 radical (unpaired) electrons. The Kier molecular flexibility index (Phi) is 5.00. The number of rotatable bonds is 4. The minimum Gasteiger partial charge on any atom is -0.391 e. The fourth-order valence-corrected chi connectivity index (χ4v) is 1.86. The quantitative estimate of drug-likeness (QED) is 0.620. The van der Waals surface area contributed by atoms with E-state index < -0.39 is 0 Å². The molecule has 0 saturated carbocycles. The molecule has 0 fully saturated rings. The van der Waals surface area contributed by atoms with Gasteiger partial charge in [0.1, 0.15) is 6.61 Å². The molecule has 0 bridgehead atoms. The molecule has 3 nitrogen and oxygen atoms in total. The van der Waals surface area contributed by atoms with E-state index in [9.17, 15) is 0 Å². The van der Waals surface area contributed by atoms with Gasteiger partial charge in [0.05, 0.1) is 27.9 Å². The predicted octanol–water partition coefficient (Wildman–Crippen LogP) is 4.42. The van der Waals surface area contributed by atoms with Gasteiger partial charge in [-0.1, -0.05) is 52.6 Å². The van der Waals surface area contributed by atoms with Crippen LogP contribution in [-0.4, -0.2) is 6.21 Å². The summed E-state index contributed by atoms with van der Waals surface area (Å²) < 4.78 is 0. The van der Waals surface area contributed by atoms with Crippen LogP contribution < -0.4 is 0 Å². The maximum Gasteiger partial charge on any atom is 0.142 e. The van der Waals surface area contributed by atoms with Crippen LogP contribution in [0.15, 0.2) is 47.6 Å². The predicted molar refractivity (Wildman–Crippen MR) is 80.0 cm³/mol. The molecule has 2 rings (SSSR count). The van der Waals surface area contributed by atoms with E-state index in [0.717, 1.165) is 5.56 Å². The van der Waals surface area contributed by atoms with E-state index >= 15 is 0 Å². The molecule has 0 spiro atoms. The van der Waals surface area contributed by atoms with Crippen molar-refractivity contribution in [3.63, 3.8) is 0 Å². The first kappa shape index (κ1) is 14.4. The second kappa shape index (κ2) is 6.95. The first-order valence-electron chi connectivity index (χ1n) is 5.79. The number of oxime groups is 1. The Morgan fingerprint density at radius 1 is 1.15 bits per heavy atom. The van der Waals surface area contributed by atoms with Crippen LogP contribution in [0.25, 0.3) is 0 Å². The molecule has 0 aromatic heterocycles. The van der Waals surface area contributed by atoms with Crippen molar-refractivity contribution in [1.29, 1.82) is 5.26 Å². The Balaban J connectivity index is 1.93. The normalized spacial score (nSPS) is 10.4. The molecule has 0 aliphatic heterocycles. The minimum absolute atomic E-state index is 0.320. The molecule has 0 amide bonds. The van der Waals surface area contributed by atoms with Gasteiger partial charge in [-0.2, -0.15) is 5.26 Å². The Labute approximate surface area is 127 Å². The van der Waals surface area contributed by atoms with Crippen LogP contribution in [0, 0.1) is 11.3 Å². The van der Waals surface area contributed by atoms with Gasteiger partial charge in [-0.3, -0.25) is 0 Å². The van der Waals surface area contributed by atoms with Crippen molar-refractivity contribution >= 4 is 29.4 Å². The van der Waals surface area contributed by atoms with E-state index in [1.165, 1.54) is 6.21 Å². The molecule has 100 valence electrons. The zero-order valence-corrected chi connectivity index (χ0v) is 11.9. The third kappa shape index (κ3) is 3.74. The summed E-state index contributed by atoms with van der Waals surface area (Å²) in [5.41, 5.74) is 2.24. The molecule has 0 aliphatic rings. The van der Waals surface area contributed by atoms with Gasteiger partial charge in [0.2, 0.25) is 0 Å². The van der Waals surface area contributed by atoms with Crippen LogP contribution in [-0.2, 0) is 11.4 Å². The van der Waals surface area contributed by atoms with Gasteiger partial charge in [-0.25, -0.2) is 0 Å². The Bertz CT molecular complexity index is 661. The van der Waals surface area contributed by atoms with Gasteiger partial charge in [-0.15, -0.1) is 0 Å². The number of hydrogen-bond donors (Lipinski definition) is 0. The lowest BCUT2D eigenvalue weighted by molar-refractivity contribution is 0.132. The van der Waals surface area contributed by atoms with Crippen molar-refractivity contribution in [1.82, 2.24) is 0 Å². The summed E-state index contributed by atoms with van der Waals surface area (Å²) >= 11 is 11.9. The number of hydrogen-bond acceptors (Lipinski definition) is 3. The highest BCUT2D eigenvalue weighted by Crippen LogP contribution is 2.24. The average molecular weight is 305 g/mol. The van der Waals surface area contributed by atoms with Gasteiger partial charge >= 0.3 is 0 Å². The topological polar surface area (TPSA) is 45.4 Å². The van der Waals surface area contributed by atoms with E-state index in [2.05, 4.69) is 11.2 Å². The molecule has 2 aromatic rings. The summed E-state index contributed by atoms with van der Waals surface area (Å²) in [5.74, 6) is 0. The summed E-state index contributed by atoms with van der Waals surface area (Å²) in [7, 11) is 0. The van der Waals surface area contributed by atoms with Crippen LogP contribution in [0.1, 0.15) is 16.7 Å². The number of nitrogens with zero attached hydrogens (tertiary/aromatic N) is 2. The molecular formula is C15H10Cl2N2O. The molecule has 0 heterocycles. The maximum absolute atomic E-state index is 8.69. The van der Waals surface area contributed by atoms with Crippen LogP contribution in [0.2, 0.25) is 10.0 Å². The van der Waals surface area contributed by atoms with E-state index in [4.69, 9.17) is 33.3 Å². The van der Waals surface area contributed by atoms with Crippen molar-refractivity contribution < 1.29 is 4.84 Å². The second-order valence-electron chi connectivity index (χ2n) is 3.96. The highest BCUT2D eigenvalue weighted by Gasteiger charge is 2.01. The van der Waals surface area contributed by atoms with E-state index in [1.807, 2.05) is 12.1 Å². The molecule has 0 N–H and O–H groups in total.